The van der Waals surface area contributed by atoms with E-state index in [1.54, 1.807) is 17.1 Å². The zero-order valence-electron chi connectivity index (χ0n) is 12.9. The number of hydrogen-bond acceptors (Lipinski definition) is 3. The number of aromatic nitrogens is 2. The molecule has 2 heterocycles. The van der Waals surface area contributed by atoms with Crippen LogP contribution in [0.25, 0.3) is 5.69 Å². The lowest BCUT2D eigenvalue weighted by Crippen LogP contribution is -2.43. The predicted octanol–water partition coefficient (Wildman–Crippen LogP) is 2.77. The van der Waals surface area contributed by atoms with Crippen LogP contribution in [0.3, 0.4) is 0 Å². The van der Waals surface area contributed by atoms with E-state index in [-0.39, 0.29) is 18.3 Å². The quantitative estimate of drug-likeness (QED) is 0.921. The van der Waals surface area contributed by atoms with Crippen LogP contribution in [0.15, 0.2) is 36.7 Å². The molecule has 1 N–H and O–H groups in total. The van der Waals surface area contributed by atoms with E-state index in [4.69, 9.17) is 11.6 Å². The molecule has 1 aliphatic heterocycles. The van der Waals surface area contributed by atoms with Crippen molar-refractivity contribution in [1.82, 2.24) is 20.0 Å². The average molecular weight is 355 g/mol. The van der Waals surface area contributed by atoms with Gasteiger partial charge in [-0.15, -0.1) is 12.4 Å². The van der Waals surface area contributed by atoms with Crippen molar-refractivity contribution in [2.75, 3.05) is 20.1 Å². The van der Waals surface area contributed by atoms with Crippen molar-refractivity contribution in [3.05, 3.63) is 47.2 Å². The second kappa shape index (κ2) is 7.81. The van der Waals surface area contributed by atoms with Gasteiger partial charge in [0.05, 0.1) is 17.4 Å². The van der Waals surface area contributed by atoms with Crippen LogP contribution in [0.2, 0.25) is 5.02 Å². The smallest absolute Gasteiger partial charge is 0.257 e. The van der Waals surface area contributed by atoms with Crippen molar-refractivity contribution in [3.8, 4) is 5.69 Å². The minimum Gasteiger partial charge on any atom is -0.339 e. The van der Waals surface area contributed by atoms with Gasteiger partial charge in [0.25, 0.3) is 5.91 Å². The molecule has 1 fully saturated rings. The number of benzene rings is 1. The SMILES string of the molecule is CN(C(=O)c1cnn(-c2cccc(Cl)c2)c1)C1CCNCC1.Cl. The molecule has 0 aliphatic carbocycles. The summed E-state index contributed by atoms with van der Waals surface area (Å²) in [6.07, 6.45) is 5.35. The zero-order valence-corrected chi connectivity index (χ0v) is 14.5. The van der Waals surface area contributed by atoms with Crippen LogP contribution >= 0.6 is 24.0 Å². The van der Waals surface area contributed by atoms with Crippen molar-refractivity contribution >= 4 is 29.9 Å². The van der Waals surface area contributed by atoms with Crippen LogP contribution in [-0.2, 0) is 0 Å². The van der Waals surface area contributed by atoms with E-state index in [1.807, 2.05) is 36.2 Å². The van der Waals surface area contributed by atoms with Crippen molar-refractivity contribution in [1.29, 1.82) is 0 Å². The molecule has 1 saturated heterocycles. The third-order valence-electron chi connectivity index (χ3n) is 4.08. The number of halogens is 2. The molecule has 1 aromatic heterocycles. The maximum absolute atomic E-state index is 12.6. The third kappa shape index (κ3) is 4.05. The molecular weight excluding hydrogens is 335 g/mol. The molecule has 5 nitrogen and oxygen atoms in total. The molecule has 1 aliphatic rings. The fraction of sp³-hybridized carbons (Fsp3) is 0.375. The Morgan fingerprint density at radius 2 is 2.13 bits per heavy atom. The molecule has 0 radical (unpaired) electrons. The molecule has 0 saturated carbocycles. The monoisotopic (exact) mass is 354 g/mol. The average Bonchev–Trinajstić information content (AvgIpc) is 3.04. The third-order valence-corrected chi connectivity index (χ3v) is 4.31. The Kier molecular flexibility index (Phi) is 6.04. The van der Waals surface area contributed by atoms with Crippen LogP contribution in [0.4, 0.5) is 0 Å². The summed E-state index contributed by atoms with van der Waals surface area (Å²) in [5.41, 5.74) is 1.44. The Balaban J connectivity index is 0.00000192. The Morgan fingerprint density at radius 3 is 2.83 bits per heavy atom. The highest BCUT2D eigenvalue weighted by Gasteiger charge is 2.23. The molecule has 0 spiro atoms. The Labute approximate surface area is 147 Å². The number of nitrogens with zero attached hydrogens (tertiary/aromatic N) is 3. The summed E-state index contributed by atoms with van der Waals surface area (Å²) in [6, 6.07) is 7.69. The molecule has 7 heteroatoms. The van der Waals surface area contributed by atoms with E-state index < -0.39 is 0 Å². The van der Waals surface area contributed by atoms with Gasteiger partial charge in [-0.2, -0.15) is 5.10 Å². The zero-order chi connectivity index (χ0) is 15.5. The minimum atomic E-state index is 0. The first-order chi connectivity index (χ1) is 10.6. The molecule has 2 aromatic rings. The second-order valence-corrected chi connectivity index (χ2v) is 5.99. The first-order valence-corrected chi connectivity index (χ1v) is 7.81. The maximum atomic E-state index is 12.6. The van der Waals surface area contributed by atoms with Crippen LogP contribution in [0.5, 0.6) is 0 Å². The van der Waals surface area contributed by atoms with Gasteiger partial charge in [-0.05, 0) is 44.1 Å². The largest absolute Gasteiger partial charge is 0.339 e. The van der Waals surface area contributed by atoms with Crippen molar-refractivity contribution in [2.24, 2.45) is 0 Å². The van der Waals surface area contributed by atoms with E-state index in [2.05, 4.69) is 10.4 Å². The summed E-state index contributed by atoms with van der Waals surface area (Å²) in [6.45, 7) is 1.92. The summed E-state index contributed by atoms with van der Waals surface area (Å²) in [7, 11) is 1.87. The van der Waals surface area contributed by atoms with E-state index >= 15 is 0 Å². The van der Waals surface area contributed by atoms with Gasteiger partial charge in [0, 0.05) is 24.3 Å². The van der Waals surface area contributed by atoms with Gasteiger partial charge in [-0.3, -0.25) is 4.79 Å². The highest BCUT2D eigenvalue weighted by molar-refractivity contribution is 6.30. The summed E-state index contributed by atoms with van der Waals surface area (Å²) in [4.78, 5) is 14.4. The van der Waals surface area contributed by atoms with Gasteiger partial charge >= 0.3 is 0 Å². The van der Waals surface area contributed by atoms with E-state index in [0.29, 0.717) is 16.6 Å². The second-order valence-electron chi connectivity index (χ2n) is 5.55. The number of carbonyl (C=O) groups excluding carboxylic acids is 1. The lowest BCUT2D eigenvalue weighted by Gasteiger charge is -2.31. The first-order valence-electron chi connectivity index (χ1n) is 7.43. The number of nitrogens with one attached hydrogen (secondary N) is 1. The van der Waals surface area contributed by atoms with Crippen LogP contribution in [0, 0.1) is 0 Å². The fourth-order valence-electron chi connectivity index (χ4n) is 2.76. The molecule has 3 rings (SSSR count). The number of carbonyl (C=O) groups is 1. The molecule has 0 atom stereocenters. The van der Waals surface area contributed by atoms with Crippen molar-refractivity contribution in [2.45, 2.75) is 18.9 Å². The Bertz CT molecular complexity index is 668. The van der Waals surface area contributed by atoms with Crippen LogP contribution in [-0.4, -0.2) is 46.8 Å². The Morgan fingerprint density at radius 1 is 1.39 bits per heavy atom. The van der Waals surface area contributed by atoms with Crippen molar-refractivity contribution < 1.29 is 4.79 Å². The topological polar surface area (TPSA) is 50.2 Å². The van der Waals surface area contributed by atoms with Crippen molar-refractivity contribution in [3.63, 3.8) is 0 Å². The normalized spacial score (nSPS) is 15.0. The summed E-state index contributed by atoms with van der Waals surface area (Å²) in [5.74, 6) is 0.0141. The van der Waals surface area contributed by atoms with Gasteiger partial charge in [0.15, 0.2) is 0 Å². The lowest BCUT2D eigenvalue weighted by atomic mass is 10.0. The maximum Gasteiger partial charge on any atom is 0.257 e. The fourth-order valence-corrected chi connectivity index (χ4v) is 2.94. The highest BCUT2D eigenvalue weighted by atomic mass is 35.5. The highest BCUT2D eigenvalue weighted by Crippen LogP contribution is 2.17. The summed E-state index contributed by atoms with van der Waals surface area (Å²) >= 11 is 5.99. The number of piperidine rings is 1. The molecular formula is C16H20Cl2N4O. The summed E-state index contributed by atoms with van der Waals surface area (Å²) < 4.78 is 1.68. The van der Waals surface area contributed by atoms with Gasteiger partial charge < -0.3 is 10.2 Å². The summed E-state index contributed by atoms with van der Waals surface area (Å²) in [5, 5.41) is 8.23. The molecule has 124 valence electrons. The molecule has 1 aromatic carbocycles. The van der Waals surface area contributed by atoms with E-state index in [9.17, 15) is 4.79 Å². The molecule has 1 amide bonds. The van der Waals surface area contributed by atoms with Gasteiger partial charge in [-0.1, -0.05) is 17.7 Å². The first kappa shape index (κ1) is 17.8. The molecule has 0 unspecified atom stereocenters. The standard InChI is InChI=1S/C16H19ClN4O.ClH/c1-20(14-5-7-18-8-6-14)16(22)12-10-19-21(11-12)15-4-2-3-13(17)9-15;/h2-4,9-11,14,18H,5-8H2,1H3;1H. The molecule has 23 heavy (non-hydrogen) atoms. The van der Waals surface area contributed by atoms with Crippen LogP contribution in [0.1, 0.15) is 23.2 Å². The van der Waals surface area contributed by atoms with Crippen LogP contribution < -0.4 is 5.32 Å². The van der Waals surface area contributed by atoms with Gasteiger partial charge in [0.1, 0.15) is 0 Å². The van der Waals surface area contributed by atoms with E-state index in [0.717, 1.165) is 31.6 Å². The predicted molar refractivity (Wildman–Crippen MR) is 93.8 cm³/mol. The number of amides is 1. The van der Waals surface area contributed by atoms with E-state index in [1.165, 1.54) is 0 Å². The number of rotatable bonds is 3. The lowest BCUT2D eigenvalue weighted by molar-refractivity contribution is 0.0703. The number of hydrogen-bond donors (Lipinski definition) is 1. The van der Waals surface area contributed by atoms with Gasteiger partial charge in [0.2, 0.25) is 0 Å². The van der Waals surface area contributed by atoms with Gasteiger partial charge in [-0.25, -0.2) is 4.68 Å². The molecule has 0 bridgehead atoms. The Hall–Kier alpha value is -1.56. The minimum absolute atomic E-state index is 0.